The van der Waals surface area contributed by atoms with Crippen LogP contribution in [0, 0.1) is 0 Å². The van der Waals surface area contributed by atoms with Gasteiger partial charge in [0.15, 0.2) is 5.78 Å². The summed E-state index contributed by atoms with van der Waals surface area (Å²) in [5.41, 5.74) is 3.55. The van der Waals surface area contributed by atoms with Crippen LogP contribution >= 0.6 is 0 Å². The summed E-state index contributed by atoms with van der Waals surface area (Å²) in [6, 6.07) is 8.39. The van der Waals surface area contributed by atoms with Crippen LogP contribution in [0.1, 0.15) is 33.3 Å². The molecule has 1 aromatic carbocycles. The number of rotatable bonds is 2. The molecule has 0 spiro atoms. The average molecular weight is 229 g/mol. The average Bonchev–Trinajstić information content (AvgIpc) is 2.48. The first-order valence-electron chi connectivity index (χ1n) is 6.08. The number of nitrogens with zero attached hydrogens (tertiary/aromatic N) is 1. The Morgan fingerprint density at radius 2 is 2.00 bits per heavy atom. The molecule has 0 bridgehead atoms. The minimum absolute atomic E-state index is 0.0850. The van der Waals surface area contributed by atoms with E-state index >= 15 is 0 Å². The number of carbonyl (C=O) groups is 1. The molecule has 2 nitrogen and oxygen atoms in total. The third kappa shape index (κ3) is 1.78. The Morgan fingerprint density at radius 1 is 1.35 bits per heavy atom. The van der Waals surface area contributed by atoms with E-state index in [1.807, 2.05) is 6.07 Å². The van der Waals surface area contributed by atoms with Gasteiger partial charge in [-0.15, -0.1) is 0 Å². The zero-order valence-corrected chi connectivity index (χ0v) is 10.9. The SMILES string of the molecule is CCN1/C(=C\C(C)=O)C(C)(C)c2ccccc21. The van der Waals surface area contributed by atoms with Crippen LogP contribution in [-0.2, 0) is 10.2 Å². The number of benzene rings is 1. The quantitative estimate of drug-likeness (QED) is 0.725. The van der Waals surface area contributed by atoms with E-state index in [2.05, 4.69) is 43.9 Å². The van der Waals surface area contributed by atoms with Gasteiger partial charge in [-0.2, -0.15) is 0 Å². The molecule has 1 aromatic rings. The van der Waals surface area contributed by atoms with Gasteiger partial charge >= 0.3 is 0 Å². The maximum absolute atomic E-state index is 11.4. The lowest BCUT2D eigenvalue weighted by Crippen LogP contribution is -2.26. The molecule has 0 fully saturated rings. The molecule has 0 aliphatic carbocycles. The molecule has 2 rings (SSSR count). The lowest BCUT2D eigenvalue weighted by molar-refractivity contribution is -0.112. The van der Waals surface area contributed by atoms with Crippen molar-refractivity contribution in [2.75, 3.05) is 11.4 Å². The van der Waals surface area contributed by atoms with Crippen molar-refractivity contribution in [1.29, 1.82) is 0 Å². The minimum atomic E-state index is -0.0850. The van der Waals surface area contributed by atoms with Crippen molar-refractivity contribution >= 4 is 11.5 Å². The predicted molar refractivity (Wildman–Crippen MR) is 71.3 cm³/mol. The highest BCUT2D eigenvalue weighted by Gasteiger charge is 2.39. The maximum atomic E-state index is 11.4. The number of hydrogen-bond acceptors (Lipinski definition) is 2. The van der Waals surface area contributed by atoms with E-state index < -0.39 is 0 Å². The minimum Gasteiger partial charge on any atom is -0.344 e. The van der Waals surface area contributed by atoms with Crippen molar-refractivity contribution in [3.05, 3.63) is 41.6 Å². The van der Waals surface area contributed by atoms with Gasteiger partial charge in [-0.1, -0.05) is 32.0 Å². The van der Waals surface area contributed by atoms with E-state index in [0.717, 1.165) is 12.2 Å². The third-order valence-corrected chi connectivity index (χ3v) is 3.46. The summed E-state index contributed by atoms with van der Waals surface area (Å²) in [6.45, 7) is 8.97. The second-order valence-electron chi connectivity index (χ2n) is 5.03. The summed E-state index contributed by atoms with van der Waals surface area (Å²) in [5, 5.41) is 0. The highest BCUT2D eigenvalue weighted by atomic mass is 16.1. The van der Waals surface area contributed by atoms with Crippen molar-refractivity contribution in [1.82, 2.24) is 0 Å². The molecule has 1 heterocycles. The molecule has 90 valence electrons. The number of para-hydroxylation sites is 1. The monoisotopic (exact) mass is 229 g/mol. The summed E-state index contributed by atoms with van der Waals surface area (Å²) in [5.74, 6) is 0.110. The fourth-order valence-electron chi connectivity index (χ4n) is 2.63. The van der Waals surface area contributed by atoms with Gasteiger partial charge in [-0.25, -0.2) is 0 Å². The number of fused-ring (bicyclic) bond motifs is 1. The second kappa shape index (κ2) is 4.02. The Bertz CT molecular complexity index is 485. The molecule has 0 unspecified atom stereocenters. The molecular weight excluding hydrogens is 210 g/mol. The van der Waals surface area contributed by atoms with Gasteiger partial charge in [0.2, 0.25) is 0 Å². The molecule has 1 aliphatic heterocycles. The Labute approximate surface area is 103 Å². The van der Waals surface area contributed by atoms with Gasteiger partial charge < -0.3 is 4.90 Å². The number of likely N-dealkylation sites (N-methyl/N-ethyl adjacent to an activating group) is 1. The van der Waals surface area contributed by atoms with Crippen molar-refractivity contribution in [2.45, 2.75) is 33.1 Å². The molecule has 2 heteroatoms. The number of allylic oxidation sites excluding steroid dienone is 2. The Kier molecular flexibility index (Phi) is 2.82. The number of ketones is 1. The normalized spacial score (nSPS) is 19.5. The standard InChI is InChI=1S/C15H19NO/c1-5-16-13-9-7-6-8-12(13)15(3,4)14(16)10-11(2)17/h6-10H,5H2,1-4H3/b14-10-. The van der Waals surface area contributed by atoms with Crippen LogP contribution in [0.25, 0.3) is 0 Å². The van der Waals surface area contributed by atoms with Crippen molar-refractivity contribution in [3.8, 4) is 0 Å². The van der Waals surface area contributed by atoms with Crippen LogP contribution in [0.15, 0.2) is 36.0 Å². The molecule has 0 aromatic heterocycles. The van der Waals surface area contributed by atoms with Crippen LogP contribution in [0.4, 0.5) is 5.69 Å². The van der Waals surface area contributed by atoms with Crippen LogP contribution in [-0.4, -0.2) is 12.3 Å². The van der Waals surface area contributed by atoms with Crippen LogP contribution in [0.2, 0.25) is 0 Å². The summed E-state index contributed by atoms with van der Waals surface area (Å²) in [7, 11) is 0. The van der Waals surface area contributed by atoms with Gasteiger partial charge in [-0.05, 0) is 25.5 Å². The Balaban J connectivity index is 2.63. The lowest BCUT2D eigenvalue weighted by Gasteiger charge is -2.25. The lowest BCUT2D eigenvalue weighted by atomic mass is 9.83. The highest BCUT2D eigenvalue weighted by molar-refractivity contribution is 5.90. The van der Waals surface area contributed by atoms with Gasteiger partial charge in [0.1, 0.15) is 0 Å². The van der Waals surface area contributed by atoms with Crippen molar-refractivity contribution in [3.63, 3.8) is 0 Å². The largest absolute Gasteiger partial charge is 0.344 e. The van der Waals surface area contributed by atoms with Crippen LogP contribution < -0.4 is 4.90 Å². The van der Waals surface area contributed by atoms with E-state index in [1.54, 1.807) is 13.0 Å². The third-order valence-electron chi connectivity index (χ3n) is 3.46. The van der Waals surface area contributed by atoms with E-state index in [-0.39, 0.29) is 11.2 Å². The smallest absolute Gasteiger partial charge is 0.154 e. The summed E-state index contributed by atoms with van der Waals surface area (Å²) in [4.78, 5) is 13.6. The molecule has 0 saturated carbocycles. The number of hydrogen-bond donors (Lipinski definition) is 0. The fourth-order valence-corrected chi connectivity index (χ4v) is 2.63. The van der Waals surface area contributed by atoms with Crippen LogP contribution in [0.5, 0.6) is 0 Å². The first-order chi connectivity index (χ1) is 7.98. The topological polar surface area (TPSA) is 20.3 Å². The Morgan fingerprint density at radius 3 is 2.59 bits per heavy atom. The first-order valence-corrected chi connectivity index (χ1v) is 6.08. The van der Waals surface area contributed by atoms with Gasteiger partial charge in [-0.3, -0.25) is 4.79 Å². The van der Waals surface area contributed by atoms with Gasteiger partial charge in [0.25, 0.3) is 0 Å². The first kappa shape index (κ1) is 11.9. The fraction of sp³-hybridized carbons (Fsp3) is 0.400. The molecule has 0 N–H and O–H groups in total. The van der Waals surface area contributed by atoms with Crippen molar-refractivity contribution < 1.29 is 4.79 Å². The second-order valence-corrected chi connectivity index (χ2v) is 5.03. The molecule has 1 aliphatic rings. The number of carbonyl (C=O) groups excluding carboxylic acids is 1. The van der Waals surface area contributed by atoms with Crippen molar-refractivity contribution in [2.24, 2.45) is 0 Å². The van der Waals surface area contributed by atoms with E-state index in [4.69, 9.17) is 0 Å². The Hall–Kier alpha value is -1.57. The molecule has 0 amide bonds. The van der Waals surface area contributed by atoms with Gasteiger partial charge in [0, 0.05) is 29.4 Å². The summed E-state index contributed by atoms with van der Waals surface area (Å²) >= 11 is 0. The molecule has 0 atom stereocenters. The maximum Gasteiger partial charge on any atom is 0.154 e. The van der Waals surface area contributed by atoms with Crippen LogP contribution in [0.3, 0.4) is 0 Å². The molecule has 0 radical (unpaired) electrons. The molecule has 0 saturated heterocycles. The zero-order chi connectivity index (χ0) is 12.6. The predicted octanol–water partition coefficient (Wildman–Crippen LogP) is 3.28. The number of anilines is 1. The molecular formula is C15H19NO. The summed E-state index contributed by atoms with van der Waals surface area (Å²) in [6.07, 6.45) is 1.77. The van der Waals surface area contributed by atoms with Gasteiger partial charge in [0.05, 0.1) is 0 Å². The van der Waals surface area contributed by atoms with E-state index in [9.17, 15) is 4.79 Å². The van der Waals surface area contributed by atoms with E-state index in [0.29, 0.717) is 0 Å². The highest BCUT2D eigenvalue weighted by Crippen LogP contribution is 2.47. The summed E-state index contributed by atoms with van der Waals surface area (Å²) < 4.78 is 0. The zero-order valence-electron chi connectivity index (χ0n) is 10.9. The molecule has 17 heavy (non-hydrogen) atoms. The van der Waals surface area contributed by atoms with E-state index in [1.165, 1.54) is 11.3 Å².